The van der Waals surface area contributed by atoms with Gasteiger partial charge in [0.05, 0.1) is 11.4 Å². The highest BCUT2D eigenvalue weighted by molar-refractivity contribution is 6.31. The second-order valence-electron chi connectivity index (χ2n) is 6.82. The van der Waals surface area contributed by atoms with E-state index in [2.05, 4.69) is 22.0 Å². The standard InChI is InChI=1S/C19H25ClN4O3/c1-2-22-9-11-23(12-10-22)16-4-3-14(20)13-15(16)21-17(25)7-8-24-18(26)5-6-19(24)27/h3-4,13H,2,5-12H2,1H3,(H,21,25). The zero-order valence-corrected chi connectivity index (χ0v) is 16.3. The van der Waals surface area contributed by atoms with Gasteiger partial charge in [0.1, 0.15) is 0 Å². The average Bonchev–Trinajstić information content (AvgIpc) is 2.98. The Morgan fingerprint density at radius 1 is 1.11 bits per heavy atom. The van der Waals surface area contributed by atoms with Crippen molar-refractivity contribution in [2.24, 2.45) is 0 Å². The number of nitrogens with zero attached hydrogens (tertiary/aromatic N) is 3. The van der Waals surface area contributed by atoms with Crippen molar-refractivity contribution in [3.8, 4) is 0 Å². The minimum absolute atomic E-state index is 0.0764. The lowest BCUT2D eigenvalue weighted by Gasteiger charge is -2.36. The summed E-state index contributed by atoms with van der Waals surface area (Å²) in [6.07, 6.45) is 0.554. The van der Waals surface area contributed by atoms with Crippen LogP contribution in [-0.4, -0.2) is 66.8 Å². The Bertz CT molecular complexity index is 716. The molecule has 0 unspecified atom stereocenters. The highest BCUT2D eigenvalue weighted by Crippen LogP contribution is 2.30. The summed E-state index contributed by atoms with van der Waals surface area (Å²) < 4.78 is 0. The summed E-state index contributed by atoms with van der Waals surface area (Å²) in [5.41, 5.74) is 1.60. The molecule has 27 heavy (non-hydrogen) atoms. The molecule has 146 valence electrons. The molecule has 0 aromatic heterocycles. The van der Waals surface area contributed by atoms with E-state index in [1.54, 1.807) is 6.07 Å². The minimum atomic E-state index is -0.238. The van der Waals surface area contributed by atoms with Gasteiger partial charge in [0.2, 0.25) is 17.7 Å². The first-order chi connectivity index (χ1) is 13.0. The number of hydrogen-bond acceptors (Lipinski definition) is 5. The Morgan fingerprint density at radius 3 is 2.41 bits per heavy atom. The molecule has 1 N–H and O–H groups in total. The van der Waals surface area contributed by atoms with E-state index in [4.69, 9.17) is 11.6 Å². The Morgan fingerprint density at radius 2 is 1.78 bits per heavy atom. The number of carbonyl (C=O) groups excluding carboxylic acids is 3. The lowest BCUT2D eigenvalue weighted by Crippen LogP contribution is -2.46. The molecule has 2 heterocycles. The third kappa shape index (κ3) is 4.78. The van der Waals surface area contributed by atoms with E-state index in [0.29, 0.717) is 10.7 Å². The summed E-state index contributed by atoms with van der Waals surface area (Å²) in [6.45, 7) is 7.03. The number of anilines is 2. The number of halogens is 1. The van der Waals surface area contributed by atoms with E-state index in [1.165, 1.54) is 4.90 Å². The molecule has 8 heteroatoms. The van der Waals surface area contributed by atoms with Gasteiger partial charge < -0.3 is 15.1 Å². The van der Waals surface area contributed by atoms with Crippen LogP contribution in [0.2, 0.25) is 5.02 Å². The van der Waals surface area contributed by atoms with Gasteiger partial charge in [0, 0.05) is 57.0 Å². The number of piperazine rings is 1. The van der Waals surface area contributed by atoms with Crippen molar-refractivity contribution in [2.45, 2.75) is 26.2 Å². The topological polar surface area (TPSA) is 73.0 Å². The number of likely N-dealkylation sites (N-methyl/N-ethyl adjacent to an activating group) is 1. The fourth-order valence-corrected chi connectivity index (χ4v) is 3.66. The molecule has 3 rings (SSSR count). The van der Waals surface area contributed by atoms with Crippen molar-refractivity contribution >= 4 is 40.7 Å². The van der Waals surface area contributed by atoms with Crippen LogP contribution < -0.4 is 10.2 Å². The fraction of sp³-hybridized carbons (Fsp3) is 0.526. The second-order valence-corrected chi connectivity index (χ2v) is 7.26. The third-order valence-corrected chi connectivity index (χ3v) is 5.35. The number of nitrogens with one attached hydrogen (secondary N) is 1. The maximum Gasteiger partial charge on any atom is 0.229 e. The zero-order chi connectivity index (χ0) is 19.4. The predicted molar refractivity (Wildman–Crippen MR) is 105 cm³/mol. The lowest BCUT2D eigenvalue weighted by atomic mass is 10.2. The number of rotatable bonds is 6. The first-order valence-corrected chi connectivity index (χ1v) is 9.75. The largest absolute Gasteiger partial charge is 0.367 e. The highest BCUT2D eigenvalue weighted by Gasteiger charge is 2.29. The number of likely N-dealkylation sites (tertiary alicyclic amines) is 1. The molecule has 1 aromatic carbocycles. The van der Waals surface area contributed by atoms with Crippen LogP contribution in [0.5, 0.6) is 0 Å². The van der Waals surface area contributed by atoms with Gasteiger partial charge in [-0.25, -0.2) is 0 Å². The third-order valence-electron chi connectivity index (χ3n) is 5.11. The van der Waals surface area contributed by atoms with E-state index in [0.717, 1.165) is 38.4 Å². The van der Waals surface area contributed by atoms with Crippen LogP contribution in [0.4, 0.5) is 11.4 Å². The lowest BCUT2D eigenvalue weighted by molar-refractivity contribution is -0.138. The van der Waals surface area contributed by atoms with E-state index in [1.807, 2.05) is 12.1 Å². The molecule has 0 atom stereocenters. The maximum atomic E-state index is 12.4. The minimum Gasteiger partial charge on any atom is -0.367 e. The summed E-state index contributed by atoms with van der Waals surface area (Å²) >= 11 is 6.13. The molecule has 7 nitrogen and oxygen atoms in total. The molecule has 0 bridgehead atoms. The average molecular weight is 393 g/mol. The van der Waals surface area contributed by atoms with Crippen molar-refractivity contribution in [3.05, 3.63) is 23.2 Å². The normalized spacial score (nSPS) is 18.3. The van der Waals surface area contributed by atoms with Crippen LogP contribution in [-0.2, 0) is 14.4 Å². The highest BCUT2D eigenvalue weighted by atomic mass is 35.5. The molecule has 2 fully saturated rings. The SMILES string of the molecule is CCN1CCN(c2ccc(Cl)cc2NC(=O)CCN2C(=O)CCC2=O)CC1. The molecule has 0 radical (unpaired) electrons. The van der Waals surface area contributed by atoms with Gasteiger partial charge in [-0.2, -0.15) is 0 Å². The van der Waals surface area contributed by atoms with Gasteiger partial charge in [-0.05, 0) is 24.7 Å². The van der Waals surface area contributed by atoms with Crippen molar-refractivity contribution in [3.63, 3.8) is 0 Å². The molecule has 0 spiro atoms. The van der Waals surface area contributed by atoms with Crippen molar-refractivity contribution in [2.75, 3.05) is 49.5 Å². The number of carbonyl (C=O) groups is 3. The molecular formula is C19H25ClN4O3. The second kappa shape index (κ2) is 8.71. The van der Waals surface area contributed by atoms with Gasteiger partial charge in [0.25, 0.3) is 0 Å². The molecule has 3 amide bonds. The van der Waals surface area contributed by atoms with Crippen LogP contribution >= 0.6 is 11.6 Å². The molecule has 2 aliphatic rings. The van der Waals surface area contributed by atoms with Crippen molar-refractivity contribution in [1.29, 1.82) is 0 Å². The first-order valence-electron chi connectivity index (χ1n) is 9.38. The van der Waals surface area contributed by atoms with E-state index >= 15 is 0 Å². The van der Waals surface area contributed by atoms with Gasteiger partial charge in [-0.1, -0.05) is 18.5 Å². The Kier molecular flexibility index (Phi) is 6.34. The Hall–Kier alpha value is -2.12. The quantitative estimate of drug-likeness (QED) is 0.749. The van der Waals surface area contributed by atoms with Crippen molar-refractivity contribution in [1.82, 2.24) is 9.80 Å². The van der Waals surface area contributed by atoms with Crippen molar-refractivity contribution < 1.29 is 14.4 Å². The monoisotopic (exact) mass is 392 g/mol. The van der Waals surface area contributed by atoms with E-state index in [-0.39, 0.29) is 43.5 Å². The fourth-order valence-electron chi connectivity index (χ4n) is 3.49. The first kappa shape index (κ1) is 19.6. The summed E-state index contributed by atoms with van der Waals surface area (Å²) in [4.78, 5) is 41.5. The van der Waals surface area contributed by atoms with Crippen LogP contribution in [0, 0.1) is 0 Å². The van der Waals surface area contributed by atoms with Gasteiger partial charge in [-0.15, -0.1) is 0 Å². The zero-order valence-electron chi connectivity index (χ0n) is 15.5. The molecule has 1 aromatic rings. The van der Waals surface area contributed by atoms with E-state index < -0.39 is 0 Å². The Balaban J connectivity index is 1.63. The molecule has 2 aliphatic heterocycles. The van der Waals surface area contributed by atoms with Crippen LogP contribution in [0.15, 0.2) is 18.2 Å². The number of hydrogen-bond donors (Lipinski definition) is 1. The molecule has 2 saturated heterocycles. The van der Waals surface area contributed by atoms with Crippen LogP contribution in [0.25, 0.3) is 0 Å². The summed E-state index contributed by atoms with van der Waals surface area (Å²) in [5.74, 6) is -0.645. The number of imide groups is 1. The number of amides is 3. The molecule has 0 aliphatic carbocycles. The molecule has 0 saturated carbocycles. The molecular weight excluding hydrogens is 368 g/mol. The summed E-state index contributed by atoms with van der Waals surface area (Å²) in [6, 6.07) is 5.49. The van der Waals surface area contributed by atoms with Gasteiger partial charge in [0.15, 0.2) is 0 Å². The summed E-state index contributed by atoms with van der Waals surface area (Å²) in [7, 11) is 0. The van der Waals surface area contributed by atoms with E-state index in [9.17, 15) is 14.4 Å². The van der Waals surface area contributed by atoms with Gasteiger partial charge >= 0.3 is 0 Å². The predicted octanol–water partition coefficient (Wildman–Crippen LogP) is 1.96. The smallest absolute Gasteiger partial charge is 0.229 e. The van der Waals surface area contributed by atoms with Crippen LogP contribution in [0.1, 0.15) is 26.2 Å². The summed E-state index contributed by atoms with van der Waals surface area (Å²) in [5, 5.41) is 3.45. The van der Waals surface area contributed by atoms with Gasteiger partial charge in [-0.3, -0.25) is 19.3 Å². The van der Waals surface area contributed by atoms with Crippen LogP contribution in [0.3, 0.4) is 0 Å². The Labute approximate surface area is 164 Å². The maximum absolute atomic E-state index is 12.4. The number of benzene rings is 1.